The smallest absolute Gasteiger partial charge is 0.341 e. The highest BCUT2D eigenvalue weighted by Gasteiger charge is 2.10. The zero-order chi connectivity index (χ0) is 16.7. The van der Waals surface area contributed by atoms with Crippen molar-refractivity contribution in [3.05, 3.63) is 47.7 Å². The van der Waals surface area contributed by atoms with Gasteiger partial charge in [-0.05, 0) is 42.5 Å². The summed E-state index contributed by atoms with van der Waals surface area (Å²) in [6, 6.07) is 10.5. The van der Waals surface area contributed by atoms with Gasteiger partial charge in [-0.15, -0.1) is 0 Å². The lowest BCUT2D eigenvalue weighted by Gasteiger charge is -2.06. The first kappa shape index (κ1) is 17.0. The Hall–Kier alpha value is -2.41. The molecular formula is C16H17NO5S. The Morgan fingerprint density at radius 2 is 1.96 bits per heavy atom. The number of rotatable bonds is 8. The van der Waals surface area contributed by atoms with E-state index >= 15 is 0 Å². The molecule has 1 aromatic heterocycles. The third-order valence-electron chi connectivity index (χ3n) is 2.99. The molecule has 0 saturated heterocycles. The Bertz CT molecular complexity index is 665. The number of carboxylic acid groups (broad SMARTS) is 1. The van der Waals surface area contributed by atoms with Crippen LogP contribution >= 0.6 is 11.8 Å². The summed E-state index contributed by atoms with van der Waals surface area (Å²) in [5, 5.41) is 12.0. The summed E-state index contributed by atoms with van der Waals surface area (Å²) in [4.78, 5) is 22.3. The van der Waals surface area contributed by atoms with Crippen LogP contribution in [0, 0.1) is 0 Å². The molecule has 0 bridgehead atoms. The average Bonchev–Trinajstić information content (AvgIpc) is 3.03. The minimum Gasteiger partial charge on any atom is -0.482 e. The van der Waals surface area contributed by atoms with E-state index in [1.807, 2.05) is 18.4 Å². The van der Waals surface area contributed by atoms with Crippen LogP contribution < -0.4 is 10.1 Å². The van der Waals surface area contributed by atoms with Crippen molar-refractivity contribution in [1.29, 1.82) is 0 Å². The van der Waals surface area contributed by atoms with Gasteiger partial charge in [0.05, 0.1) is 0 Å². The number of hydrogen-bond acceptors (Lipinski definition) is 5. The maximum absolute atomic E-state index is 11.9. The number of thioether (sulfide) groups is 1. The van der Waals surface area contributed by atoms with E-state index < -0.39 is 5.97 Å². The summed E-state index contributed by atoms with van der Waals surface area (Å²) < 4.78 is 10.4. The van der Waals surface area contributed by atoms with Gasteiger partial charge < -0.3 is 19.6 Å². The topological polar surface area (TPSA) is 88.8 Å². The number of benzene rings is 1. The van der Waals surface area contributed by atoms with E-state index in [4.69, 9.17) is 14.3 Å². The second kappa shape index (κ2) is 8.28. The number of ether oxygens (including phenoxy) is 1. The molecule has 1 aromatic carbocycles. The fourth-order valence-electron chi connectivity index (χ4n) is 1.86. The highest BCUT2D eigenvalue weighted by Crippen LogP contribution is 2.17. The summed E-state index contributed by atoms with van der Waals surface area (Å²) in [7, 11) is 0. The second-order valence-electron chi connectivity index (χ2n) is 4.66. The van der Waals surface area contributed by atoms with Crippen LogP contribution in [-0.2, 0) is 11.2 Å². The predicted molar refractivity (Wildman–Crippen MR) is 86.1 cm³/mol. The molecule has 2 N–H and O–H groups in total. The third kappa shape index (κ3) is 5.37. The van der Waals surface area contributed by atoms with Crippen LogP contribution in [-0.4, -0.2) is 36.4 Å². The van der Waals surface area contributed by atoms with Crippen molar-refractivity contribution in [2.24, 2.45) is 0 Å². The number of aliphatic carboxylic acids is 1. The minimum absolute atomic E-state index is 0.244. The van der Waals surface area contributed by atoms with Crippen molar-refractivity contribution < 1.29 is 23.8 Å². The first-order valence-electron chi connectivity index (χ1n) is 6.94. The first-order valence-corrected chi connectivity index (χ1v) is 8.16. The lowest BCUT2D eigenvalue weighted by atomic mass is 10.1. The molecule has 0 aliphatic heterocycles. The van der Waals surface area contributed by atoms with Crippen molar-refractivity contribution in [2.75, 3.05) is 19.4 Å². The van der Waals surface area contributed by atoms with Crippen LogP contribution in [0.5, 0.6) is 5.75 Å². The number of nitrogens with one attached hydrogen (secondary N) is 1. The minimum atomic E-state index is -1.01. The van der Waals surface area contributed by atoms with Gasteiger partial charge in [0, 0.05) is 6.54 Å². The van der Waals surface area contributed by atoms with Gasteiger partial charge in [0.25, 0.3) is 5.91 Å². The van der Waals surface area contributed by atoms with Crippen LogP contribution in [0.25, 0.3) is 0 Å². The fourth-order valence-corrected chi connectivity index (χ4v) is 2.23. The molecule has 0 aliphatic carbocycles. The summed E-state index contributed by atoms with van der Waals surface area (Å²) in [6.45, 7) is 0.111. The zero-order valence-corrected chi connectivity index (χ0v) is 13.4. The summed E-state index contributed by atoms with van der Waals surface area (Å²) in [6.07, 6.45) is 2.53. The second-order valence-corrected chi connectivity index (χ2v) is 5.47. The number of furan rings is 1. The van der Waals surface area contributed by atoms with E-state index in [2.05, 4.69) is 5.32 Å². The lowest BCUT2D eigenvalue weighted by Crippen LogP contribution is -2.25. The Balaban J connectivity index is 1.77. The predicted octanol–water partition coefficient (Wildman–Crippen LogP) is 2.44. The van der Waals surface area contributed by atoms with Gasteiger partial charge in [-0.1, -0.05) is 23.9 Å². The van der Waals surface area contributed by atoms with Crippen LogP contribution in [0.4, 0.5) is 0 Å². The number of carboxylic acids is 1. The summed E-state index contributed by atoms with van der Waals surface area (Å²) in [5.74, 6) is -0.460. The maximum Gasteiger partial charge on any atom is 0.341 e. The normalized spacial score (nSPS) is 10.3. The van der Waals surface area contributed by atoms with Gasteiger partial charge in [0.15, 0.2) is 17.5 Å². The van der Waals surface area contributed by atoms with Crippen LogP contribution in [0.3, 0.4) is 0 Å². The van der Waals surface area contributed by atoms with Crippen LogP contribution in [0.1, 0.15) is 16.1 Å². The Labute approximate surface area is 137 Å². The lowest BCUT2D eigenvalue weighted by molar-refractivity contribution is -0.139. The molecule has 2 rings (SSSR count). The molecule has 0 fully saturated rings. The highest BCUT2D eigenvalue weighted by molar-refractivity contribution is 7.98. The van der Waals surface area contributed by atoms with Crippen LogP contribution in [0.15, 0.2) is 45.9 Å². The molecule has 7 heteroatoms. The average molecular weight is 335 g/mol. The molecule has 1 heterocycles. The van der Waals surface area contributed by atoms with Gasteiger partial charge in [0.1, 0.15) is 5.75 Å². The fraction of sp³-hybridized carbons (Fsp3) is 0.250. The monoisotopic (exact) mass is 335 g/mol. The molecule has 0 atom stereocenters. The van der Waals surface area contributed by atoms with Crippen molar-refractivity contribution >= 4 is 23.6 Å². The molecule has 0 aliphatic rings. The van der Waals surface area contributed by atoms with Crippen molar-refractivity contribution in [3.63, 3.8) is 0 Å². The van der Waals surface area contributed by atoms with Gasteiger partial charge in [-0.3, -0.25) is 4.79 Å². The summed E-state index contributed by atoms with van der Waals surface area (Å²) >= 11 is 1.44. The standard InChI is InChI=1S/C16H17NO5S/c1-23-15-7-6-13(22-15)16(20)17-9-8-11-2-4-12(5-3-11)21-10-14(18)19/h2-7H,8-10H2,1H3,(H,17,20)(H,18,19). The summed E-state index contributed by atoms with van der Waals surface area (Å²) in [5.41, 5.74) is 1.01. The molecule has 0 radical (unpaired) electrons. The third-order valence-corrected chi connectivity index (χ3v) is 3.61. The SMILES string of the molecule is CSc1ccc(C(=O)NCCc2ccc(OCC(=O)O)cc2)o1. The van der Waals surface area contributed by atoms with E-state index in [9.17, 15) is 9.59 Å². The van der Waals surface area contributed by atoms with E-state index in [0.29, 0.717) is 29.6 Å². The van der Waals surface area contributed by atoms with E-state index in [-0.39, 0.29) is 12.5 Å². The molecule has 0 spiro atoms. The Kier molecular flexibility index (Phi) is 6.10. The van der Waals surface area contributed by atoms with Gasteiger partial charge >= 0.3 is 5.97 Å². The number of carbonyl (C=O) groups is 2. The molecule has 23 heavy (non-hydrogen) atoms. The van der Waals surface area contributed by atoms with E-state index in [1.165, 1.54) is 11.8 Å². The van der Waals surface area contributed by atoms with Crippen molar-refractivity contribution in [3.8, 4) is 5.75 Å². The zero-order valence-electron chi connectivity index (χ0n) is 12.6. The molecule has 0 saturated carbocycles. The van der Waals surface area contributed by atoms with Crippen molar-refractivity contribution in [2.45, 2.75) is 11.5 Å². The largest absolute Gasteiger partial charge is 0.482 e. The van der Waals surface area contributed by atoms with E-state index in [0.717, 1.165) is 5.56 Å². The Morgan fingerprint density at radius 1 is 1.22 bits per heavy atom. The number of amides is 1. The van der Waals surface area contributed by atoms with Crippen molar-refractivity contribution in [1.82, 2.24) is 5.32 Å². The van der Waals surface area contributed by atoms with Gasteiger partial charge in [-0.25, -0.2) is 4.79 Å². The molecule has 6 nitrogen and oxygen atoms in total. The van der Waals surface area contributed by atoms with E-state index in [1.54, 1.807) is 24.3 Å². The highest BCUT2D eigenvalue weighted by atomic mass is 32.2. The van der Waals surface area contributed by atoms with Gasteiger partial charge in [-0.2, -0.15) is 0 Å². The first-order chi connectivity index (χ1) is 11.1. The molecule has 2 aromatic rings. The molecule has 1 amide bonds. The Morgan fingerprint density at radius 3 is 2.57 bits per heavy atom. The molecule has 0 unspecified atom stereocenters. The van der Waals surface area contributed by atoms with Gasteiger partial charge in [0.2, 0.25) is 0 Å². The quantitative estimate of drug-likeness (QED) is 0.720. The molecular weight excluding hydrogens is 318 g/mol. The maximum atomic E-state index is 11.9. The number of carbonyl (C=O) groups excluding carboxylic acids is 1. The molecule has 122 valence electrons. The van der Waals surface area contributed by atoms with Crippen LogP contribution in [0.2, 0.25) is 0 Å². The number of hydrogen-bond donors (Lipinski definition) is 2.